The number of Topliss-reactive ketones (excluding diaryl/α,β-unsaturated/α-hetero) is 1. The highest BCUT2D eigenvalue weighted by atomic mass is 19.4. The number of hydrogen-bond acceptors (Lipinski definition) is 4. The number of nitrogens with zero attached hydrogens (tertiary/aromatic N) is 1. The van der Waals surface area contributed by atoms with Gasteiger partial charge in [0.05, 0.1) is 17.4 Å². The average Bonchev–Trinajstić information content (AvgIpc) is 2.90. The molecular formula is C15H16F3N3O2. The number of piperidine rings is 1. The molecule has 1 aliphatic heterocycles. The molecule has 23 heavy (non-hydrogen) atoms. The molecule has 0 spiro atoms. The number of aromatic nitrogens is 2. The SMILES string of the molecule is CC1CC(=O)CC(COc2cc(C(F)(F)F)c3nc[nH]c3c2)N1. The first-order valence-corrected chi connectivity index (χ1v) is 7.28. The van der Waals surface area contributed by atoms with Crippen LogP contribution >= 0.6 is 0 Å². The highest BCUT2D eigenvalue weighted by molar-refractivity contribution is 5.81. The van der Waals surface area contributed by atoms with Crippen molar-refractivity contribution in [3.05, 3.63) is 24.0 Å². The standard InChI is InChI=1S/C15H16F3N3O2/c1-8-2-10(22)3-9(21-8)6-23-11-4-12(15(16,17)18)14-13(5-11)19-7-20-14/h4-5,7-9,21H,2-3,6H2,1H3,(H,19,20). The zero-order chi connectivity index (χ0) is 16.6. The first-order valence-electron chi connectivity index (χ1n) is 7.28. The maximum Gasteiger partial charge on any atom is 0.418 e. The van der Waals surface area contributed by atoms with E-state index < -0.39 is 11.7 Å². The summed E-state index contributed by atoms with van der Waals surface area (Å²) in [4.78, 5) is 17.9. The normalized spacial score (nSPS) is 22.5. The summed E-state index contributed by atoms with van der Waals surface area (Å²) in [6, 6.07) is 2.27. The summed E-state index contributed by atoms with van der Waals surface area (Å²) in [7, 11) is 0. The van der Waals surface area contributed by atoms with Gasteiger partial charge in [-0.1, -0.05) is 0 Å². The van der Waals surface area contributed by atoms with Crippen LogP contribution in [0.2, 0.25) is 0 Å². The molecular weight excluding hydrogens is 311 g/mol. The first kappa shape index (κ1) is 15.8. The number of fused-ring (bicyclic) bond motifs is 1. The number of carbonyl (C=O) groups is 1. The number of nitrogens with one attached hydrogen (secondary N) is 2. The fraction of sp³-hybridized carbons (Fsp3) is 0.467. The van der Waals surface area contributed by atoms with Gasteiger partial charge in [-0.15, -0.1) is 0 Å². The minimum atomic E-state index is -4.51. The van der Waals surface area contributed by atoms with Crippen molar-refractivity contribution in [2.24, 2.45) is 0 Å². The number of benzene rings is 1. The van der Waals surface area contributed by atoms with Crippen molar-refractivity contribution in [1.82, 2.24) is 15.3 Å². The number of halogens is 3. The molecule has 5 nitrogen and oxygen atoms in total. The quantitative estimate of drug-likeness (QED) is 0.909. The lowest BCUT2D eigenvalue weighted by Gasteiger charge is -2.27. The Bertz CT molecular complexity index is 726. The molecule has 1 aromatic heterocycles. The van der Waals surface area contributed by atoms with Crippen molar-refractivity contribution in [2.75, 3.05) is 6.61 Å². The van der Waals surface area contributed by atoms with Gasteiger partial charge in [-0.3, -0.25) is 4.79 Å². The zero-order valence-electron chi connectivity index (χ0n) is 12.4. The lowest BCUT2D eigenvalue weighted by atomic mass is 9.99. The van der Waals surface area contributed by atoms with Crippen LogP contribution in [0.4, 0.5) is 13.2 Å². The maximum atomic E-state index is 13.1. The summed E-state index contributed by atoms with van der Waals surface area (Å²) in [5.41, 5.74) is -0.715. The number of H-pyrrole nitrogens is 1. The summed E-state index contributed by atoms with van der Waals surface area (Å²) in [5, 5.41) is 3.21. The van der Waals surface area contributed by atoms with Crippen molar-refractivity contribution in [2.45, 2.75) is 38.0 Å². The second-order valence-corrected chi connectivity index (χ2v) is 5.79. The second-order valence-electron chi connectivity index (χ2n) is 5.79. The molecule has 8 heteroatoms. The molecule has 3 rings (SSSR count). The van der Waals surface area contributed by atoms with E-state index in [2.05, 4.69) is 15.3 Å². The van der Waals surface area contributed by atoms with E-state index in [1.165, 1.54) is 12.4 Å². The fourth-order valence-corrected chi connectivity index (χ4v) is 2.85. The van der Waals surface area contributed by atoms with E-state index in [1.807, 2.05) is 6.92 Å². The third-order valence-electron chi connectivity index (χ3n) is 3.78. The van der Waals surface area contributed by atoms with Crippen LogP contribution in [0.3, 0.4) is 0 Å². The molecule has 2 aromatic rings. The number of carbonyl (C=O) groups excluding carboxylic acids is 1. The van der Waals surface area contributed by atoms with Crippen molar-refractivity contribution in [3.8, 4) is 5.75 Å². The van der Waals surface area contributed by atoms with Crippen molar-refractivity contribution in [1.29, 1.82) is 0 Å². The number of rotatable bonds is 3. The monoisotopic (exact) mass is 327 g/mol. The minimum absolute atomic E-state index is 0.0469. The zero-order valence-corrected chi connectivity index (χ0v) is 12.4. The van der Waals surface area contributed by atoms with Gasteiger partial charge in [0.25, 0.3) is 0 Å². The first-order chi connectivity index (χ1) is 10.8. The molecule has 0 saturated carbocycles. The molecule has 2 unspecified atom stereocenters. The smallest absolute Gasteiger partial charge is 0.418 e. The summed E-state index contributed by atoms with van der Waals surface area (Å²) in [6.07, 6.45) is -2.51. The van der Waals surface area contributed by atoms with E-state index in [0.29, 0.717) is 12.8 Å². The lowest BCUT2D eigenvalue weighted by Crippen LogP contribution is -2.47. The van der Waals surface area contributed by atoms with Gasteiger partial charge < -0.3 is 15.0 Å². The second kappa shape index (κ2) is 5.84. The molecule has 0 amide bonds. The van der Waals surface area contributed by atoms with E-state index in [-0.39, 0.29) is 41.3 Å². The van der Waals surface area contributed by atoms with Crippen LogP contribution in [0.5, 0.6) is 5.75 Å². The Morgan fingerprint density at radius 2 is 2.13 bits per heavy atom. The van der Waals surface area contributed by atoms with Crippen LogP contribution in [0, 0.1) is 0 Å². The molecule has 1 aliphatic rings. The highest BCUT2D eigenvalue weighted by Gasteiger charge is 2.34. The van der Waals surface area contributed by atoms with Gasteiger partial charge in [-0.2, -0.15) is 13.2 Å². The van der Waals surface area contributed by atoms with Gasteiger partial charge in [0.15, 0.2) is 0 Å². The number of ketones is 1. The van der Waals surface area contributed by atoms with Crippen LogP contribution in [-0.4, -0.2) is 34.4 Å². The number of aromatic amines is 1. The van der Waals surface area contributed by atoms with Crippen molar-refractivity contribution < 1.29 is 22.7 Å². The van der Waals surface area contributed by atoms with Crippen LogP contribution in [0.25, 0.3) is 11.0 Å². The van der Waals surface area contributed by atoms with E-state index >= 15 is 0 Å². The van der Waals surface area contributed by atoms with Crippen molar-refractivity contribution >= 4 is 16.8 Å². The Morgan fingerprint density at radius 1 is 1.35 bits per heavy atom. The number of hydrogen-bond donors (Lipinski definition) is 2. The predicted octanol–water partition coefficient (Wildman–Crippen LogP) is 2.67. The molecule has 0 bridgehead atoms. The molecule has 1 fully saturated rings. The van der Waals surface area contributed by atoms with Gasteiger partial charge in [-0.25, -0.2) is 4.98 Å². The van der Waals surface area contributed by atoms with E-state index in [1.54, 1.807) is 0 Å². The van der Waals surface area contributed by atoms with E-state index in [9.17, 15) is 18.0 Å². The summed E-state index contributed by atoms with van der Waals surface area (Å²) >= 11 is 0. The van der Waals surface area contributed by atoms with Crippen LogP contribution in [0.15, 0.2) is 18.5 Å². The number of ether oxygens (including phenoxy) is 1. The van der Waals surface area contributed by atoms with Gasteiger partial charge in [0.2, 0.25) is 0 Å². The van der Waals surface area contributed by atoms with Gasteiger partial charge >= 0.3 is 6.18 Å². The Hall–Kier alpha value is -2.09. The molecule has 1 aromatic carbocycles. The number of alkyl halides is 3. The van der Waals surface area contributed by atoms with Crippen LogP contribution in [0.1, 0.15) is 25.3 Å². The maximum absolute atomic E-state index is 13.1. The summed E-state index contributed by atoms with van der Waals surface area (Å²) < 4.78 is 44.8. The summed E-state index contributed by atoms with van der Waals surface area (Å²) in [6.45, 7) is 2.02. The Labute approximate surface area is 130 Å². The van der Waals surface area contributed by atoms with Crippen molar-refractivity contribution in [3.63, 3.8) is 0 Å². The lowest BCUT2D eigenvalue weighted by molar-refractivity contribution is -0.136. The molecule has 2 heterocycles. The molecule has 0 aliphatic carbocycles. The summed E-state index contributed by atoms with van der Waals surface area (Å²) in [5.74, 6) is 0.228. The van der Waals surface area contributed by atoms with E-state index in [0.717, 1.165) is 6.07 Å². The third-order valence-corrected chi connectivity index (χ3v) is 3.78. The predicted molar refractivity (Wildman–Crippen MR) is 77.2 cm³/mol. The van der Waals surface area contributed by atoms with Gasteiger partial charge in [-0.05, 0) is 13.0 Å². The molecule has 2 atom stereocenters. The fourth-order valence-electron chi connectivity index (χ4n) is 2.85. The Kier molecular flexibility index (Phi) is 4.01. The van der Waals surface area contributed by atoms with Crippen LogP contribution < -0.4 is 10.1 Å². The molecule has 124 valence electrons. The highest BCUT2D eigenvalue weighted by Crippen LogP contribution is 2.36. The van der Waals surface area contributed by atoms with E-state index in [4.69, 9.17) is 4.74 Å². The minimum Gasteiger partial charge on any atom is -0.492 e. The van der Waals surface area contributed by atoms with Gasteiger partial charge in [0, 0.05) is 31.0 Å². The third kappa shape index (κ3) is 3.47. The number of imidazole rings is 1. The van der Waals surface area contributed by atoms with Crippen LogP contribution in [-0.2, 0) is 11.0 Å². The average molecular weight is 327 g/mol. The molecule has 0 radical (unpaired) electrons. The largest absolute Gasteiger partial charge is 0.492 e. The topological polar surface area (TPSA) is 67.0 Å². The Morgan fingerprint density at radius 3 is 2.83 bits per heavy atom. The Balaban J connectivity index is 1.79. The molecule has 2 N–H and O–H groups in total. The molecule has 1 saturated heterocycles. The van der Waals surface area contributed by atoms with Gasteiger partial charge in [0.1, 0.15) is 23.7 Å².